The Bertz CT molecular complexity index is 1190. The maximum absolute atomic E-state index is 13.1. The second-order valence-electron chi connectivity index (χ2n) is 6.71. The van der Waals surface area contributed by atoms with Crippen LogP contribution in [0.5, 0.6) is 0 Å². The van der Waals surface area contributed by atoms with Crippen molar-refractivity contribution in [3.05, 3.63) is 76.9 Å². The van der Waals surface area contributed by atoms with E-state index < -0.39 is 6.09 Å². The molecule has 8 nitrogen and oxygen atoms in total. The lowest BCUT2D eigenvalue weighted by Gasteiger charge is -2.31. The number of nitrogens with zero attached hydrogens (tertiary/aromatic N) is 3. The van der Waals surface area contributed by atoms with Crippen LogP contribution in [0.2, 0.25) is 5.02 Å². The highest BCUT2D eigenvalue weighted by atomic mass is 35.5. The van der Waals surface area contributed by atoms with E-state index in [1.165, 1.54) is 24.4 Å². The number of rotatable bonds is 5. The van der Waals surface area contributed by atoms with Gasteiger partial charge in [-0.1, -0.05) is 29.8 Å². The van der Waals surface area contributed by atoms with Crippen LogP contribution in [0, 0.1) is 5.82 Å². The molecular weight excluding hydrogens is 425 g/mol. The topological polar surface area (TPSA) is 91.1 Å². The van der Waals surface area contributed by atoms with Gasteiger partial charge in [-0.3, -0.25) is 10.4 Å². The molecule has 0 aliphatic carbocycles. The van der Waals surface area contributed by atoms with Crippen LogP contribution in [-0.2, 0) is 11.2 Å². The fourth-order valence-corrected chi connectivity index (χ4v) is 3.47. The van der Waals surface area contributed by atoms with Crippen molar-refractivity contribution < 1.29 is 19.0 Å². The number of carbonyl (C=O) groups is 1. The first-order valence-corrected chi connectivity index (χ1v) is 9.75. The Morgan fingerprint density at radius 3 is 2.71 bits per heavy atom. The van der Waals surface area contributed by atoms with E-state index in [1.807, 2.05) is 0 Å². The van der Waals surface area contributed by atoms with Crippen molar-refractivity contribution in [3.8, 4) is 0 Å². The summed E-state index contributed by atoms with van der Waals surface area (Å²) in [5.74, 6) is 0.829. The van der Waals surface area contributed by atoms with Gasteiger partial charge in [-0.15, -0.1) is 0 Å². The maximum atomic E-state index is 13.1. The van der Waals surface area contributed by atoms with E-state index in [4.69, 9.17) is 16.3 Å². The molecule has 0 fully saturated rings. The number of fused-ring (bicyclic) bond motifs is 1. The number of hydrogen-bond acceptors (Lipinski definition) is 5. The fraction of sp³-hybridized carbons (Fsp3) is 0.143. The van der Waals surface area contributed by atoms with Gasteiger partial charge in [0.05, 0.1) is 17.6 Å². The van der Waals surface area contributed by atoms with Gasteiger partial charge in [-0.05, 0) is 42.3 Å². The van der Waals surface area contributed by atoms with Crippen LogP contribution in [0.15, 0.2) is 65.5 Å². The summed E-state index contributed by atoms with van der Waals surface area (Å²) >= 11 is 6.26. The number of benzene rings is 2. The number of ether oxygens (including phenoxy) is 1. The zero-order valence-corrected chi connectivity index (χ0v) is 17.2. The van der Waals surface area contributed by atoms with Crippen molar-refractivity contribution in [2.45, 2.75) is 6.42 Å². The Balaban J connectivity index is 1.62. The minimum atomic E-state index is -1.17. The predicted octanol–water partition coefficient (Wildman–Crippen LogP) is 3.92. The molecular formula is C21H19ClFN5O3. The first-order chi connectivity index (χ1) is 15.0. The number of hydrazine groups is 2. The second-order valence-corrected chi connectivity index (χ2v) is 7.12. The Labute approximate surface area is 182 Å². The fourth-order valence-electron chi connectivity index (χ4n) is 3.24. The summed E-state index contributed by atoms with van der Waals surface area (Å²) < 4.78 is 19.5. The van der Waals surface area contributed by atoms with Crippen molar-refractivity contribution in [3.63, 3.8) is 0 Å². The van der Waals surface area contributed by atoms with Crippen LogP contribution in [0.3, 0.4) is 0 Å². The van der Waals surface area contributed by atoms with E-state index in [1.54, 1.807) is 42.5 Å². The van der Waals surface area contributed by atoms with E-state index in [0.29, 0.717) is 40.6 Å². The summed E-state index contributed by atoms with van der Waals surface area (Å²) in [7, 11) is 1.49. The molecule has 0 bridgehead atoms. The molecule has 0 saturated carbocycles. The molecule has 31 heavy (non-hydrogen) atoms. The summed E-state index contributed by atoms with van der Waals surface area (Å²) in [5, 5.41) is 12.2. The highest BCUT2D eigenvalue weighted by Crippen LogP contribution is 2.31. The third-order valence-corrected chi connectivity index (χ3v) is 5.06. The summed E-state index contributed by atoms with van der Waals surface area (Å²) in [5.41, 5.74) is 7.38. The predicted molar refractivity (Wildman–Crippen MR) is 117 cm³/mol. The van der Waals surface area contributed by atoms with Gasteiger partial charge in [-0.2, -0.15) is 5.12 Å². The molecule has 0 atom stereocenters. The average Bonchev–Trinajstić information content (AvgIpc) is 3.16. The number of hydrogen-bond donors (Lipinski definition) is 3. The molecule has 2 heterocycles. The van der Waals surface area contributed by atoms with Gasteiger partial charge in [0.15, 0.2) is 5.82 Å². The summed E-state index contributed by atoms with van der Waals surface area (Å²) in [4.78, 5) is 16.5. The molecule has 0 amide bonds. The Hall–Kier alpha value is -3.72. The third-order valence-electron chi connectivity index (χ3n) is 4.73. The van der Waals surface area contributed by atoms with E-state index >= 15 is 0 Å². The lowest BCUT2D eigenvalue weighted by molar-refractivity contribution is 0.197. The molecule has 1 aliphatic rings. The van der Waals surface area contributed by atoms with Crippen LogP contribution in [0.25, 0.3) is 10.9 Å². The molecule has 2 aromatic carbocycles. The standard InChI is InChI=1S/C21H19ClFN5O3/c1-31-19-12-18(24-10-9-13-5-7-14(23)8-6-13)25-28(26-19)20-11-15-16(22)3-2-4-17(15)27(20)21(29)30/h2-8,11-12,26H,9-10H2,1H3,(H,24,25)(H,29,30). The molecule has 0 radical (unpaired) electrons. The van der Waals surface area contributed by atoms with Crippen LogP contribution in [0.4, 0.5) is 15.0 Å². The minimum Gasteiger partial charge on any atom is -0.481 e. The molecule has 3 aromatic rings. The molecule has 160 valence electrons. The van der Waals surface area contributed by atoms with E-state index in [0.717, 1.165) is 10.1 Å². The lowest BCUT2D eigenvalue weighted by Crippen LogP contribution is -2.55. The molecule has 1 aromatic heterocycles. The highest BCUT2D eigenvalue weighted by molar-refractivity contribution is 6.35. The Morgan fingerprint density at radius 1 is 1.23 bits per heavy atom. The third kappa shape index (κ3) is 4.26. The minimum absolute atomic E-state index is 0.282. The molecule has 3 N–H and O–H groups in total. The molecule has 4 rings (SSSR count). The zero-order chi connectivity index (χ0) is 22.0. The van der Waals surface area contributed by atoms with Crippen molar-refractivity contribution in [2.24, 2.45) is 4.99 Å². The van der Waals surface area contributed by atoms with Gasteiger partial charge in [0.1, 0.15) is 11.7 Å². The molecule has 10 heteroatoms. The van der Waals surface area contributed by atoms with E-state index in [-0.39, 0.29) is 11.6 Å². The number of anilines is 1. The van der Waals surface area contributed by atoms with Crippen molar-refractivity contribution in [1.29, 1.82) is 0 Å². The van der Waals surface area contributed by atoms with E-state index in [2.05, 4.69) is 15.8 Å². The summed E-state index contributed by atoms with van der Waals surface area (Å²) in [6, 6.07) is 12.9. The maximum Gasteiger partial charge on any atom is 0.417 e. The quantitative estimate of drug-likeness (QED) is 0.553. The second kappa shape index (κ2) is 8.57. The molecule has 0 spiro atoms. The number of methoxy groups -OCH3 is 1. The van der Waals surface area contributed by atoms with Gasteiger partial charge in [0, 0.05) is 18.0 Å². The normalized spacial score (nSPS) is 14.9. The van der Waals surface area contributed by atoms with Gasteiger partial charge < -0.3 is 9.84 Å². The smallest absolute Gasteiger partial charge is 0.417 e. The summed E-state index contributed by atoms with van der Waals surface area (Å²) in [6.07, 6.45) is 1.10. The number of halogens is 2. The van der Waals surface area contributed by atoms with E-state index in [9.17, 15) is 14.3 Å². The highest BCUT2D eigenvalue weighted by Gasteiger charge is 2.24. The first-order valence-electron chi connectivity index (χ1n) is 9.37. The monoisotopic (exact) mass is 443 g/mol. The van der Waals surface area contributed by atoms with Crippen LogP contribution in [0.1, 0.15) is 5.56 Å². The SMILES string of the molecule is COC1=CC(=NCCc2ccc(F)cc2)NN(c2cc3c(Cl)cccc3n2C(=O)O)N1. The number of carboxylic acid groups (broad SMARTS) is 1. The van der Waals surface area contributed by atoms with Gasteiger partial charge in [-0.25, -0.2) is 19.2 Å². The van der Waals surface area contributed by atoms with Crippen molar-refractivity contribution >= 4 is 40.3 Å². The van der Waals surface area contributed by atoms with Crippen LogP contribution < -0.4 is 16.0 Å². The van der Waals surface area contributed by atoms with Gasteiger partial charge in [0.25, 0.3) is 0 Å². The number of aromatic nitrogens is 1. The lowest BCUT2D eigenvalue weighted by atomic mass is 10.1. The largest absolute Gasteiger partial charge is 0.481 e. The zero-order valence-electron chi connectivity index (χ0n) is 16.5. The first kappa shape index (κ1) is 20.5. The van der Waals surface area contributed by atoms with Crippen molar-refractivity contribution in [1.82, 2.24) is 15.4 Å². The Morgan fingerprint density at radius 2 is 2.00 bits per heavy atom. The number of nitrogens with one attached hydrogen (secondary N) is 2. The average molecular weight is 444 g/mol. The molecule has 0 unspecified atom stereocenters. The number of aliphatic imine (C=N–C) groups is 1. The molecule has 1 aliphatic heterocycles. The molecule has 0 saturated heterocycles. The Kier molecular flexibility index (Phi) is 5.68. The number of amidine groups is 1. The van der Waals surface area contributed by atoms with Crippen LogP contribution in [-0.4, -0.2) is 35.3 Å². The van der Waals surface area contributed by atoms with Crippen molar-refractivity contribution in [2.75, 3.05) is 18.8 Å². The van der Waals surface area contributed by atoms with Gasteiger partial charge in [0.2, 0.25) is 5.88 Å². The van der Waals surface area contributed by atoms with Crippen LogP contribution >= 0.6 is 11.6 Å². The van der Waals surface area contributed by atoms with Gasteiger partial charge >= 0.3 is 6.09 Å². The summed E-state index contributed by atoms with van der Waals surface area (Å²) in [6.45, 7) is 0.434.